The van der Waals surface area contributed by atoms with E-state index < -0.39 is 11.4 Å². The van der Waals surface area contributed by atoms with Crippen LogP contribution in [-0.4, -0.2) is 5.97 Å². The van der Waals surface area contributed by atoms with E-state index in [1.807, 2.05) is 6.92 Å². The first-order valence-corrected chi connectivity index (χ1v) is 4.64. The van der Waals surface area contributed by atoms with Crippen LogP contribution in [0.2, 0.25) is 0 Å². The Bertz CT molecular complexity index is 155. The summed E-state index contributed by atoms with van der Waals surface area (Å²) in [5, 5.41) is 10.7. The number of carboxylic acids is 1. The zero-order valence-corrected chi connectivity index (χ0v) is 12.6. The number of carbonyl (C=O) groups excluding carboxylic acids is 1. The van der Waals surface area contributed by atoms with Crippen molar-refractivity contribution in [3.8, 4) is 0 Å². The second kappa shape index (κ2) is 7.40. The summed E-state index contributed by atoms with van der Waals surface area (Å²) in [6.07, 6.45) is 3.18. The molecule has 0 heterocycles. The van der Waals surface area contributed by atoms with Crippen molar-refractivity contribution in [2.75, 3.05) is 0 Å². The molecule has 1 unspecified atom stereocenters. The van der Waals surface area contributed by atoms with E-state index in [1.54, 1.807) is 13.8 Å². The Hall–Kier alpha value is 1.11. The molecule has 0 radical (unpaired) electrons. The molecule has 0 spiro atoms. The summed E-state index contributed by atoms with van der Waals surface area (Å²) in [7, 11) is 0. The van der Waals surface area contributed by atoms with Crippen LogP contribution in [0, 0.1) is 11.3 Å². The fraction of sp³-hybridized carbons (Fsp3) is 0.900. The van der Waals surface area contributed by atoms with Gasteiger partial charge in [-0.15, -0.1) is 0 Å². The quantitative estimate of drug-likeness (QED) is 0.523. The second-order valence-electron chi connectivity index (χ2n) is 4.05. The van der Waals surface area contributed by atoms with Crippen LogP contribution in [0.25, 0.3) is 0 Å². The number of unbranched alkanes of at least 4 members (excludes halogenated alkanes) is 1. The van der Waals surface area contributed by atoms with Crippen LogP contribution in [0.15, 0.2) is 0 Å². The predicted molar refractivity (Wildman–Crippen MR) is 47.5 cm³/mol. The van der Waals surface area contributed by atoms with E-state index in [4.69, 9.17) is 0 Å². The zero-order chi connectivity index (χ0) is 9.78. The molecule has 0 bridgehead atoms. The molecule has 0 saturated carbocycles. The van der Waals surface area contributed by atoms with Crippen molar-refractivity contribution in [1.29, 1.82) is 0 Å². The Morgan fingerprint density at radius 1 is 1.46 bits per heavy atom. The van der Waals surface area contributed by atoms with Gasteiger partial charge in [0, 0.05) is 11.4 Å². The van der Waals surface area contributed by atoms with Crippen LogP contribution in [0.4, 0.5) is 0 Å². The van der Waals surface area contributed by atoms with Gasteiger partial charge in [0.2, 0.25) is 0 Å². The van der Waals surface area contributed by atoms with E-state index in [0.29, 0.717) is 0 Å². The number of hydrogen-bond acceptors (Lipinski definition) is 2. The molecule has 0 N–H and O–H groups in total. The monoisotopic (exact) mass is 210 g/mol. The van der Waals surface area contributed by atoms with E-state index in [0.717, 1.165) is 19.3 Å². The maximum atomic E-state index is 10.7. The van der Waals surface area contributed by atoms with Gasteiger partial charge in [-0.1, -0.05) is 40.5 Å². The molecular weight excluding hydrogens is 191 g/mol. The minimum Gasteiger partial charge on any atom is -0.550 e. The minimum atomic E-state index is -0.939. The van der Waals surface area contributed by atoms with Gasteiger partial charge in [0.1, 0.15) is 0 Å². The minimum absolute atomic E-state index is 0. The molecule has 0 rings (SSSR count). The van der Waals surface area contributed by atoms with Crippen LogP contribution in [0.3, 0.4) is 0 Å². The predicted octanol–water partition coefficient (Wildman–Crippen LogP) is -1.41. The third-order valence-electron chi connectivity index (χ3n) is 2.75. The molecule has 0 fully saturated rings. The molecule has 13 heavy (non-hydrogen) atoms. The van der Waals surface area contributed by atoms with E-state index in [-0.39, 0.29) is 57.3 Å². The smallest absolute Gasteiger partial charge is 0.550 e. The van der Waals surface area contributed by atoms with E-state index in [9.17, 15) is 9.90 Å². The maximum absolute atomic E-state index is 10.7. The fourth-order valence-electron chi connectivity index (χ4n) is 1.07. The Labute approximate surface area is 124 Å². The molecule has 72 valence electrons. The molecule has 0 aliphatic rings. The van der Waals surface area contributed by atoms with Crippen molar-refractivity contribution >= 4 is 5.97 Å². The first kappa shape index (κ1) is 16.5. The molecule has 1 atom stereocenters. The van der Waals surface area contributed by atoms with Gasteiger partial charge in [0.25, 0.3) is 0 Å². The summed E-state index contributed by atoms with van der Waals surface area (Å²) in [6, 6.07) is 0. The number of hydrogen-bond donors (Lipinski definition) is 0. The van der Waals surface area contributed by atoms with Crippen LogP contribution in [0.5, 0.6) is 0 Å². The number of rotatable bonds is 5. The molecule has 0 aromatic carbocycles. The molecule has 0 aromatic rings. The number of carbonyl (C=O) groups is 1. The third-order valence-corrected chi connectivity index (χ3v) is 2.75. The normalized spacial score (nSPS) is 13.2. The van der Waals surface area contributed by atoms with Gasteiger partial charge in [-0.3, -0.25) is 0 Å². The summed E-state index contributed by atoms with van der Waals surface area (Å²) in [5.74, 6) is -0.742. The van der Waals surface area contributed by atoms with Gasteiger partial charge in [0.05, 0.1) is 0 Å². The van der Waals surface area contributed by atoms with Crippen LogP contribution in [0.1, 0.15) is 47.0 Å². The molecule has 0 aliphatic carbocycles. The fourth-order valence-corrected chi connectivity index (χ4v) is 1.07. The topological polar surface area (TPSA) is 40.1 Å². The Morgan fingerprint density at radius 2 is 1.92 bits per heavy atom. The summed E-state index contributed by atoms with van der Waals surface area (Å²) >= 11 is 0. The number of aliphatic carboxylic acids is 1. The van der Waals surface area contributed by atoms with Gasteiger partial charge in [-0.25, -0.2) is 0 Å². The SMILES string of the molecule is CCCCC(C)C(C)(C)C(=O)[O-].[K+]. The molecule has 0 amide bonds. The number of carboxylic acid groups (broad SMARTS) is 1. The summed E-state index contributed by atoms with van der Waals surface area (Å²) in [4.78, 5) is 10.7. The molecule has 3 heteroatoms. The first-order chi connectivity index (χ1) is 5.42. The average Bonchev–Trinajstić information content (AvgIpc) is 1.99. The molecule has 2 nitrogen and oxygen atoms in total. The summed E-state index contributed by atoms with van der Waals surface area (Å²) in [5.41, 5.74) is -0.685. The molecule has 0 aromatic heterocycles. The Morgan fingerprint density at radius 3 is 2.23 bits per heavy atom. The first-order valence-electron chi connectivity index (χ1n) is 4.64. The summed E-state index contributed by atoms with van der Waals surface area (Å²) < 4.78 is 0. The van der Waals surface area contributed by atoms with Gasteiger partial charge in [-0.2, -0.15) is 0 Å². The van der Waals surface area contributed by atoms with E-state index >= 15 is 0 Å². The van der Waals surface area contributed by atoms with Crippen molar-refractivity contribution < 1.29 is 61.3 Å². The van der Waals surface area contributed by atoms with Gasteiger partial charge >= 0.3 is 51.4 Å². The van der Waals surface area contributed by atoms with Crippen LogP contribution >= 0.6 is 0 Å². The van der Waals surface area contributed by atoms with E-state index in [1.165, 1.54) is 0 Å². The van der Waals surface area contributed by atoms with Gasteiger partial charge in [-0.05, 0) is 12.3 Å². The van der Waals surface area contributed by atoms with Gasteiger partial charge in [0.15, 0.2) is 0 Å². The van der Waals surface area contributed by atoms with Crippen molar-refractivity contribution in [2.24, 2.45) is 11.3 Å². The average molecular weight is 210 g/mol. The second-order valence-corrected chi connectivity index (χ2v) is 4.05. The molecular formula is C10H19KO2. The van der Waals surface area contributed by atoms with Gasteiger partial charge < -0.3 is 9.90 Å². The van der Waals surface area contributed by atoms with E-state index in [2.05, 4.69) is 6.92 Å². The molecule has 0 aliphatic heterocycles. The van der Waals surface area contributed by atoms with Crippen molar-refractivity contribution in [3.63, 3.8) is 0 Å². The van der Waals surface area contributed by atoms with Crippen molar-refractivity contribution in [2.45, 2.75) is 47.0 Å². The third kappa shape index (κ3) is 5.52. The summed E-state index contributed by atoms with van der Waals surface area (Å²) in [6.45, 7) is 7.56. The standard InChI is InChI=1S/C10H20O2.K/c1-5-6-7-8(2)10(3,4)9(11)12;/h8H,5-7H2,1-4H3,(H,11,12);/q;+1/p-1. The Kier molecular flexibility index (Phi) is 9.42. The largest absolute Gasteiger partial charge is 1.00 e. The zero-order valence-electron chi connectivity index (χ0n) is 9.52. The molecule has 0 saturated heterocycles. The maximum Gasteiger partial charge on any atom is 1.00 e. The van der Waals surface area contributed by atoms with Crippen LogP contribution < -0.4 is 56.5 Å². The van der Waals surface area contributed by atoms with Crippen molar-refractivity contribution in [3.05, 3.63) is 0 Å². The van der Waals surface area contributed by atoms with Crippen molar-refractivity contribution in [1.82, 2.24) is 0 Å². The Balaban J connectivity index is 0. The van der Waals surface area contributed by atoms with Crippen LogP contribution in [-0.2, 0) is 4.79 Å².